The number of esters is 1. The van der Waals surface area contributed by atoms with Crippen LogP contribution < -0.4 is 24.6 Å². The van der Waals surface area contributed by atoms with E-state index < -0.39 is 35.1 Å². The van der Waals surface area contributed by atoms with Gasteiger partial charge in [-0.25, -0.2) is 14.4 Å². The molecule has 2 heterocycles. The molecule has 2 aliphatic rings. The highest BCUT2D eigenvalue weighted by Crippen LogP contribution is 2.57. The lowest BCUT2D eigenvalue weighted by Crippen LogP contribution is -2.41. The van der Waals surface area contributed by atoms with Gasteiger partial charge in [0, 0.05) is 128 Å². The van der Waals surface area contributed by atoms with Crippen molar-refractivity contribution < 1.29 is 63.3 Å². The fourth-order valence-corrected chi connectivity index (χ4v) is 8.62. The molecule has 4 N–H and O–H groups in total. The summed E-state index contributed by atoms with van der Waals surface area (Å²) in [5.74, 6) is -1.05. The predicted molar refractivity (Wildman–Crippen MR) is 263 cm³/mol. The zero-order valence-corrected chi connectivity index (χ0v) is 40.8. The molecule has 17 heteroatoms. The van der Waals surface area contributed by atoms with Crippen molar-refractivity contribution in [1.82, 2.24) is 19.6 Å². The van der Waals surface area contributed by atoms with Crippen molar-refractivity contribution in [2.45, 2.75) is 45.1 Å². The van der Waals surface area contributed by atoms with Crippen LogP contribution in [0.15, 0.2) is 78.9 Å². The molecule has 5 aromatic rings. The van der Waals surface area contributed by atoms with Crippen LogP contribution in [0.2, 0.25) is 0 Å². The van der Waals surface area contributed by atoms with Crippen LogP contribution in [-0.4, -0.2) is 124 Å². The number of nitrogens with zero attached hydrogens (tertiary/aromatic N) is 4. The minimum atomic E-state index is -1.49. The van der Waals surface area contributed by atoms with Gasteiger partial charge in [0.05, 0.1) is 5.56 Å². The van der Waals surface area contributed by atoms with Crippen molar-refractivity contribution in [3.05, 3.63) is 134 Å². The molecule has 0 saturated carbocycles. The lowest BCUT2D eigenvalue weighted by molar-refractivity contribution is -0.131. The Morgan fingerprint density at radius 3 is 1.85 bits per heavy atom. The molecule has 71 heavy (non-hydrogen) atoms. The number of phenolic OH excluding ortho intramolecular Hbond substituents is 4. The number of likely N-dealkylation sites (N-methyl/N-ethyl adjacent to an activating group) is 4. The van der Waals surface area contributed by atoms with E-state index in [0.29, 0.717) is 44.5 Å². The molecular formula is C54H56N4O13. The number of rotatable bonds is 13. The smallest absolute Gasteiger partial charge is 0.415 e. The average Bonchev–Trinajstić information content (AvgIpc) is 3.61. The summed E-state index contributed by atoms with van der Waals surface area (Å²) < 4.78 is 24.2. The molecule has 0 bridgehead atoms. The number of phenols is 4. The monoisotopic (exact) mass is 968 g/mol. The standard InChI is InChI=1S/C54H56N4O13/c1-30-25-41(59)32(3)36(48(30)63)17-20-45(61)55(7)21-23-57(9)51(66)68-34-15-18-39-43(27-34)70-44-28-35(16-19-40(44)54(39)38-14-12-11-13-37(38)50(65)71-54)69-52(67)58(10)24-22-56(8)46(62)29-53(5,6)47-33(4)42(60)26-31(2)49(47)64/h11-20,25-28,59-60,63-64H,2,4,21-24,29H2,1,3,5-10H3/b20-17+. The Labute approximate surface area is 410 Å². The number of carbonyl (C=O) groups is 5. The fourth-order valence-electron chi connectivity index (χ4n) is 8.62. The Balaban J connectivity index is 1.03. The van der Waals surface area contributed by atoms with Crippen molar-refractivity contribution in [3.63, 3.8) is 0 Å². The van der Waals surface area contributed by atoms with Crippen LogP contribution in [0.1, 0.15) is 69.6 Å². The van der Waals surface area contributed by atoms with Gasteiger partial charge in [-0.2, -0.15) is 0 Å². The third-order valence-electron chi connectivity index (χ3n) is 12.9. The molecule has 2 aliphatic heterocycles. The summed E-state index contributed by atoms with van der Waals surface area (Å²) in [6.45, 7) is 14.8. The average molecular weight is 969 g/mol. The zero-order valence-electron chi connectivity index (χ0n) is 40.8. The van der Waals surface area contributed by atoms with Crippen LogP contribution in [-0.2, 0) is 25.3 Å². The molecule has 0 aliphatic carbocycles. The van der Waals surface area contributed by atoms with Gasteiger partial charge in [-0.1, -0.05) is 45.2 Å². The molecule has 5 aromatic carbocycles. The Morgan fingerprint density at radius 1 is 0.704 bits per heavy atom. The highest BCUT2D eigenvalue weighted by molar-refractivity contribution is 5.97. The summed E-state index contributed by atoms with van der Waals surface area (Å²) >= 11 is 0. The molecule has 0 radical (unpaired) electrons. The molecule has 17 nitrogen and oxygen atoms in total. The Hall–Kier alpha value is -8.47. The second-order valence-electron chi connectivity index (χ2n) is 18.4. The van der Waals surface area contributed by atoms with Crippen LogP contribution in [0.5, 0.6) is 46.0 Å². The van der Waals surface area contributed by atoms with E-state index in [-0.39, 0.29) is 94.9 Å². The zero-order chi connectivity index (χ0) is 51.9. The highest BCUT2D eigenvalue weighted by atomic mass is 16.6. The third-order valence-corrected chi connectivity index (χ3v) is 12.9. The normalized spacial score (nSPS) is 14.5. The number of hydrogen-bond donors (Lipinski definition) is 4. The van der Waals surface area contributed by atoms with E-state index in [0.717, 1.165) is 0 Å². The van der Waals surface area contributed by atoms with Crippen LogP contribution in [0.25, 0.3) is 19.2 Å². The summed E-state index contributed by atoms with van der Waals surface area (Å²) in [7, 11) is 6.16. The van der Waals surface area contributed by atoms with E-state index >= 15 is 0 Å². The lowest BCUT2D eigenvalue weighted by atomic mass is 9.77. The van der Waals surface area contributed by atoms with E-state index in [1.165, 1.54) is 70.1 Å². The number of amides is 4. The second kappa shape index (κ2) is 19.5. The van der Waals surface area contributed by atoms with Crippen LogP contribution >= 0.6 is 0 Å². The van der Waals surface area contributed by atoms with Gasteiger partial charge in [-0.3, -0.25) is 9.59 Å². The maximum atomic E-state index is 13.5. The molecule has 1 spiro atoms. The fraction of sp³-hybridized carbons (Fsp3) is 0.278. The molecule has 7 rings (SSSR count). The Kier molecular flexibility index (Phi) is 13.8. The Bertz CT molecular complexity index is 3120. The van der Waals surface area contributed by atoms with Crippen molar-refractivity contribution in [1.29, 1.82) is 0 Å². The van der Waals surface area contributed by atoms with Crippen molar-refractivity contribution in [2.24, 2.45) is 0 Å². The number of aryl methyl sites for hydroxylation is 1. The Morgan fingerprint density at radius 2 is 1.25 bits per heavy atom. The van der Waals surface area contributed by atoms with Gasteiger partial charge in [0.25, 0.3) is 0 Å². The summed E-state index contributed by atoms with van der Waals surface area (Å²) in [6, 6.07) is 19.0. The van der Waals surface area contributed by atoms with E-state index in [9.17, 15) is 44.4 Å². The summed E-state index contributed by atoms with van der Waals surface area (Å²) in [6.07, 6.45) is 1.17. The topological polar surface area (TPSA) is 216 Å². The van der Waals surface area contributed by atoms with Crippen LogP contribution in [0, 0.1) is 13.8 Å². The van der Waals surface area contributed by atoms with Crippen molar-refractivity contribution in [2.75, 3.05) is 54.4 Å². The van der Waals surface area contributed by atoms with E-state index in [1.54, 1.807) is 90.3 Å². The van der Waals surface area contributed by atoms with Gasteiger partial charge < -0.3 is 59.0 Å². The summed E-state index contributed by atoms with van der Waals surface area (Å²) in [5, 5.41) is 42.1. The van der Waals surface area contributed by atoms with Gasteiger partial charge in [-0.15, -0.1) is 0 Å². The van der Waals surface area contributed by atoms with Gasteiger partial charge >= 0.3 is 18.2 Å². The van der Waals surface area contributed by atoms with Gasteiger partial charge in [0.2, 0.25) is 11.8 Å². The van der Waals surface area contributed by atoms with Crippen molar-refractivity contribution in [3.8, 4) is 46.0 Å². The van der Waals surface area contributed by atoms with Gasteiger partial charge in [0.1, 0.15) is 46.0 Å². The minimum Gasteiger partial charge on any atom is -0.508 e. The third kappa shape index (κ3) is 9.75. The van der Waals surface area contributed by atoms with Gasteiger partial charge in [0.15, 0.2) is 5.60 Å². The number of carbonyl (C=O) groups excluding carboxylic acids is 5. The van der Waals surface area contributed by atoms with Gasteiger partial charge in [-0.05, 0) is 68.0 Å². The predicted octanol–water partition coefficient (Wildman–Crippen LogP) is 6.37. The van der Waals surface area contributed by atoms with Crippen molar-refractivity contribution >= 4 is 49.2 Å². The molecule has 1 unspecified atom stereocenters. The number of hydrogen-bond acceptors (Lipinski definition) is 13. The quantitative estimate of drug-likeness (QED) is 0.0574. The SMILES string of the molecule is C=c1cc(O)c(=C)c(C(C)(C)CC(=O)N(C)CCN(C)C(=O)Oc2ccc3c(c2)Oc2cc(OC(=O)N(C)CCN(C)C(=O)/C=C/c4c(C)c(O)cc(C)c4O)ccc2C32OC(=O)c3ccccc32)c1O. The molecule has 0 fully saturated rings. The number of fused-ring (bicyclic) bond motifs is 6. The summed E-state index contributed by atoms with van der Waals surface area (Å²) in [4.78, 5) is 72.0. The number of aromatic hydroxyl groups is 4. The first-order valence-corrected chi connectivity index (χ1v) is 22.5. The van der Waals surface area contributed by atoms with E-state index in [1.807, 2.05) is 0 Å². The van der Waals surface area contributed by atoms with E-state index in [4.69, 9.17) is 18.9 Å². The molecule has 4 amide bonds. The first-order chi connectivity index (χ1) is 33.4. The molecule has 1 atom stereocenters. The largest absolute Gasteiger partial charge is 0.508 e. The maximum Gasteiger partial charge on any atom is 0.415 e. The number of benzene rings is 5. The first-order valence-electron chi connectivity index (χ1n) is 22.5. The molecule has 370 valence electrons. The maximum absolute atomic E-state index is 13.5. The molecular weight excluding hydrogens is 913 g/mol. The van der Waals surface area contributed by atoms with E-state index in [2.05, 4.69) is 13.2 Å². The second-order valence-corrected chi connectivity index (χ2v) is 18.4. The molecule has 0 aromatic heterocycles. The molecule has 0 saturated heterocycles. The van der Waals surface area contributed by atoms with Crippen LogP contribution in [0.3, 0.4) is 0 Å². The highest BCUT2D eigenvalue weighted by Gasteiger charge is 2.53. The van der Waals surface area contributed by atoms with Crippen LogP contribution in [0.4, 0.5) is 9.59 Å². The summed E-state index contributed by atoms with van der Waals surface area (Å²) in [5.41, 5.74) is 0.855. The number of ether oxygens (including phenoxy) is 4. The minimum absolute atomic E-state index is 0.00959. The lowest BCUT2D eigenvalue weighted by Gasteiger charge is -2.36. The first kappa shape index (κ1) is 50.4.